The molecule has 0 aliphatic carbocycles. The highest BCUT2D eigenvalue weighted by atomic mass is 32.1. The van der Waals surface area contributed by atoms with Crippen LogP contribution in [0.3, 0.4) is 0 Å². The third kappa shape index (κ3) is 3.06. The predicted octanol–water partition coefficient (Wildman–Crippen LogP) is 2.47. The van der Waals surface area contributed by atoms with Crippen molar-refractivity contribution in [3.8, 4) is 0 Å². The van der Waals surface area contributed by atoms with Crippen LogP contribution in [-0.4, -0.2) is 25.0 Å². The van der Waals surface area contributed by atoms with Gasteiger partial charge in [-0.1, -0.05) is 0 Å². The van der Waals surface area contributed by atoms with Crippen molar-refractivity contribution in [2.75, 3.05) is 13.2 Å². The second-order valence-corrected chi connectivity index (χ2v) is 3.77. The molecule has 0 spiro atoms. The van der Waals surface area contributed by atoms with E-state index in [1.807, 2.05) is 13.8 Å². The van der Waals surface area contributed by atoms with Crippen LogP contribution in [0.4, 0.5) is 0 Å². The van der Waals surface area contributed by atoms with Gasteiger partial charge in [-0.15, -0.1) is 11.3 Å². The first-order valence-corrected chi connectivity index (χ1v) is 5.54. The molecule has 0 saturated carbocycles. The average Bonchev–Trinajstić information content (AvgIpc) is 2.67. The molecule has 0 unspecified atom stereocenters. The van der Waals surface area contributed by atoms with E-state index < -0.39 is 0 Å². The van der Waals surface area contributed by atoms with Crippen molar-refractivity contribution in [3.63, 3.8) is 0 Å². The molecule has 0 amide bonds. The van der Waals surface area contributed by atoms with Crippen LogP contribution in [0.5, 0.6) is 0 Å². The number of ether oxygens (including phenoxy) is 2. The Hall–Kier alpha value is -1.36. The summed E-state index contributed by atoms with van der Waals surface area (Å²) in [4.78, 5) is 1.44. The van der Waals surface area contributed by atoms with E-state index in [9.17, 15) is 0 Å². The fraction of sp³-hybridized carbons (Fsp3) is 0.400. The van der Waals surface area contributed by atoms with Crippen LogP contribution in [0, 0.1) is 10.8 Å². The van der Waals surface area contributed by atoms with Crippen molar-refractivity contribution < 1.29 is 9.47 Å². The van der Waals surface area contributed by atoms with Gasteiger partial charge in [0.1, 0.15) is 0 Å². The van der Waals surface area contributed by atoms with E-state index in [1.165, 1.54) is 11.3 Å². The number of thiophene rings is 1. The molecule has 0 saturated heterocycles. The molecule has 4 nitrogen and oxygen atoms in total. The van der Waals surface area contributed by atoms with Gasteiger partial charge in [0, 0.05) is 0 Å². The second kappa shape index (κ2) is 5.50. The molecule has 0 bridgehead atoms. The summed E-state index contributed by atoms with van der Waals surface area (Å²) in [5.74, 6) is 0.302. The number of hydrogen-bond donors (Lipinski definition) is 2. The van der Waals surface area contributed by atoms with Crippen molar-refractivity contribution >= 4 is 23.1 Å². The second-order valence-electron chi connectivity index (χ2n) is 2.69. The zero-order valence-corrected chi connectivity index (χ0v) is 9.61. The Kier molecular flexibility index (Phi) is 4.30. The lowest BCUT2D eigenvalue weighted by atomic mass is 10.4. The molecule has 1 heterocycles. The first-order valence-electron chi connectivity index (χ1n) is 4.72. The van der Waals surface area contributed by atoms with Gasteiger partial charge in [-0.05, 0) is 26.0 Å². The molecule has 0 atom stereocenters. The number of hydrogen-bond acceptors (Lipinski definition) is 5. The Morgan fingerprint density at radius 3 is 1.80 bits per heavy atom. The minimum absolute atomic E-state index is 0.151. The highest BCUT2D eigenvalue weighted by Gasteiger charge is 2.10. The van der Waals surface area contributed by atoms with E-state index >= 15 is 0 Å². The third-order valence-electron chi connectivity index (χ3n) is 1.63. The molecule has 82 valence electrons. The van der Waals surface area contributed by atoms with E-state index in [4.69, 9.17) is 20.3 Å². The molecule has 1 rings (SSSR count). The molecule has 0 aliphatic heterocycles. The van der Waals surface area contributed by atoms with Crippen LogP contribution < -0.4 is 0 Å². The maximum Gasteiger partial charge on any atom is 0.223 e. The lowest BCUT2D eigenvalue weighted by Gasteiger charge is -2.02. The fourth-order valence-corrected chi connectivity index (χ4v) is 1.83. The molecule has 0 radical (unpaired) electrons. The fourth-order valence-electron chi connectivity index (χ4n) is 1.01. The van der Waals surface area contributed by atoms with Gasteiger partial charge in [0.25, 0.3) is 0 Å². The summed E-state index contributed by atoms with van der Waals surface area (Å²) in [6, 6.07) is 3.54. The monoisotopic (exact) mass is 226 g/mol. The van der Waals surface area contributed by atoms with Crippen molar-refractivity contribution in [2.24, 2.45) is 0 Å². The minimum Gasteiger partial charge on any atom is -0.477 e. The summed E-state index contributed by atoms with van der Waals surface area (Å²) in [6.07, 6.45) is 0. The number of nitrogens with one attached hydrogen (secondary N) is 2. The van der Waals surface area contributed by atoms with Gasteiger partial charge in [0.15, 0.2) is 0 Å². The van der Waals surface area contributed by atoms with Gasteiger partial charge in [-0.25, -0.2) is 0 Å². The standard InChI is InChI=1S/C10H14N2O2S/c1-3-13-9(11)7-5-6-8(15-7)10(12)14-4-2/h5-6,11-12H,3-4H2,1-2H3. The summed E-state index contributed by atoms with van der Waals surface area (Å²) in [5.41, 5.74) is 0. The molecular formula is C10H14N2O2S. The summed E-state index contributed by atoms with van der Waals surface area (Å²) >= 11 is 1.33. The lowest BCUT2D eigenvalue weighted by Crippen LogP contribution is -2.03. The lowest BCUT2D eigenvalue weighted by molar-refractivity contribution is 0.326. The third-order valence-corrected chi connectivity index (χ3v) is 2.71. The van der Waals surface area contributed by atoms with Gasteiger partial charge in [-0.3, -0.25) is 10.8 Å². The van der Waals surface area contributed by atoms with Gasteiger partial charge < -0.3 is 9.47 Å². The molecule has 2 N–H and O–H groups in total. The van der Waals surface area contributed by atoms with Gasteiger partial charge in [0.05, 0.1) is 23.0 Å². The summed E-state index contributed by atoms with van der Waals surface area (Å²) in [7, 11) is 0. The van der Waals surface area contributed by atoms with Crippen LogP contribution in [0.1, 0.15) is 23.6 Å². The van der Waals surface area contributed by atoms with Crippen molar-refractivity contribution in [1.29, 1.82) is 10.8 Å². The predicted molar refractivity (Wildman–Crippen MR) is 61.2 cm³/mol. The SMILES string of the molecule is CCOC(=N)c1ccc(C(=N)OCC)s1. The topological polar surface area (TPSA) is 66.2 Å². The Bertz CT molecular complexity index is 328. The number of rotatable bonds is 4. The van der Waals surface area contributed by atoms with E-state index in [1.54, 1.807) is 12.1 Å². The Morgan fingerprint density at radius 2 is 1.47 bits per heavy atom. The quantitative estimate of drug-likeness (QED) is 0.611. The molecular weight excluding hydrogens is 212 g/mol. The molecule has 5 heteroatoms. The van der Waals surface area contributed by atoms with Crippen LogP contribution in [0.2, 0.25) is 0 Å². The Morgan fingerprint density at radius 1 is 1.07 bits per heavy atom. The van der Waals surface area contributed by atoms with Crippen LogP contribution in [-0.2, 0) is 9.47 Å². The highest BCUT2D eigenvalue weighted by molar-refractivity contribution is 7.15. The first kappa shape index (κ1) is 11.7. The maximum absolute atomic E-state index is 7.56. The maximum atomic E-state index is 7.56. The average molecular weight is 226 g/mol. The highest BCUT2D eigenvalue weighted by Crippen LogP contribution is 2.18. The Labute approximate surface area is 92.9 Å². The van der Waals surface area contributed by atoms with Crippen LogP contribution in [0.25, 0.3) is 0 Å². The van der Waals surface area contributed by atoms with E-state index in [-0.39, 0.29) is 11.8 Å². The van der Waals surface area contributed by atoms with Gasteiger partial charge in [-0.2, -0.15) is 0 Å². The normalized spacial score (nSPS) is 9.73. The van der Waals surface area contributed by atoms with Crippen LogP contribution >= 0.6 is 11.3 Å². The summed E-state index contributed by atoms with van der Waals surface area (Å²) < 4.78 is 10.1. The molecule has 15 heavy (non-hydrogen) atoms. The molecule has 1 aromatic heterocycles. The van der Waals surface area contributed by atoms with Crippen molar-refractivity contribution in [2.45, 2.75) is 13.8 Å². The zero-order valence-electron chi connectivity index (χ0n) is 8.79. The molecule has 0 aliphatic rings. The molecule has 0 aromatic carbocycles. The molecule has 0 fully saturated rings. The zero-order chi connectivity index (χ0) is 11.3. The first-order chi connectivity index (χ1) is 7.19. The Balaban J connectivity index is 2.71. The van der Waals surface area contributed by atoms with Crippen LogP contribution in [0.15, 0.2) is 12.1 Å². The largest absolute Gasteiger partial charge is 0.477 e. The smallest absolute Gasteiger partial charge is 0.223 e. The summed E-state index contributed by atoms with van der Waals surface area (Å²) in [6.45, 7) is 4.64. The van der Waals surface area contributed by atoms with E-state index in [0.29, 0.717) is 13.2 Å². The van der Waals surface area contributed by atoms with Crippen molar-refractivity contribution in [3.05, 3.63) is 21.9 Å². The van der Waals surface area contributed by atoms with E-state index in [2.05, 4.69) is 0 Å². The van der Waals surface area contributed by atoms with Gasteiger partial charge in [0.2, 0.25) is 11.8 Å². The van der Waals surface area contributed by atoms with Gasteiger partial charge >= 0.3 is 0 Å². The summed E-state index contributed by atoms with van der Waals surface area (Å²) in [5, 5.41) is 15.1. The molecule has 1 aromatic rings. The van der Waals surface area contributed by atoms with E-state index in [0.717, 1.165) is 9.75 Å². The minimum atomic E-state index is 0.151. The van der Waals surface area contributed by atoms with Crippen molar-refractivity contribution in [1.82, 2.24) is 0 Å².